The number of halogens is 1. The third kappa shape index (κ3) is 6.98. The Morgan fingerprint density at radius 3 is 3.17 bits per heavy atom. The number of nitrogens with zero attached hydrogens (tertiary/aromatic N) is 2. The molecule has 0 radical (unpaired) electrons. The van der Waals surface area contributed by atoms with Gasteiger partial charge in [0.15, 0.2) is 0 Å². The molecule has 29 heavy (non-hydrogen) atoms. The summed E-state index contributed by atoms with van der Waals surface area (Å²) in [6.45, 7) is 3.79. The summed E-state index contributed by atoms with van der Waals surface area (Å²) >= 11 is 6.03. The van der Waals surface area contributed by atoms with Crippen molar-refractivity contribution in [1.82, 2.24) is 15.5 Å². The van der Waals surface area contributed by atoms with Crippen molar-refractivity contribution in [2.75, 3.05) is 32.8 Å². The molecule has 7 heteroatoms. The fraction of sp³-hybridized carbons (Fsp3) is 0.591. The molecule has 0 amide bonds. The second-order valence-corrected chi connectivity index (χ2v) is 8.17. The average Bonchev–Trinajstić information content (AvgIpc) is 2.94. The first kappa shape index (κ1) is 22.1. The number of hydrogen-bond acceptors (Lipinski definition) is 5. The zero-order valence-electron chi connectivity index (χ0n) is 16.8. The number of rotatable bonds is 8. The van der Waals surface area contributed by atoms with Crippen LogP contribution in [0.25, 0.3) is 0 Å². The fourth-order valence-corrected chi connectivity index (χ4v) is 4.19. The van der Waals surface area contributed by atoms with Gasteiger partial charge in [0, 0.05) is 37.7 Å². The topological polar surface area (TPSA) is 80.1 Å². The van der Waals surface area contributed by atoms with Crippen LogP contribution in [0.3, 0.4) is 0 Å². The van der Waals surface area contributed by atoms with Gasteiger partial charge in [-0.1, -0.05) is 35.2 Å². The van der Waals surface area contributed by atoms with E-state index in [4.69, 9.17) is 21.7 Å². The van der Waals surface area contributed by atoms with Crippen molar-refractivity contribution in [2.24, 2.45) is 10.9 Å². The van der Waals surface area contributed by atoms with Gasteiger partial charge in [0.25, 0.3) is 0 Å². The molecule has 158 valence electrons. The molecule has 0 aromatic heterocycles. The number of nitrogens with one attached hydrogen (secondary N) is 2. The molecule has 0 aromatic carbocycles. The molecule has 0 saturated carbocycles. The van der Waals surface area contributed by atoms with Gasteiger partial charge in [-0.2, -0.15) is 0 Å². The summed E-state index contributed by atoms with van der Waals surface area (Å²) in [4.78, 5) is 7.10. The molecule has 3 aliphatic rings. The van der Waals surface area contributed by atoms with Gasteiger partial charge in [0.05, 0.1) is 11.6 Å². The lowest BCUT2D eigenvalue weighted by Gasteiger charge is -2.32. The number of aliphatic hydroxyl groups excluding tert-OH is 2. The van der Waals surface area contributed by atoms with E-state index in [2.05, 4.69) is 27.0 Å². The van der Waals surface area contributed by atoms with Crippen molar-refractivity contribution in [2.45, 2.75) is 44.4 Å². The van der Waals surface area contributed by atoms with E-state index >= 15 is 0 Å². The Morgan fingerprint density at radius 2 is 2.34 bits per heavy atom. The molecule has 1 aliphatic carbocycles. The fourth-order valence-electron chi connectivity index (χ4n) is 3.97. The van der Waals surface area contributed by atoms with Crippen LogP contribution < -0.4 is 10.6 Å². The van der Waals surface area contributed by atoms with Gasteiger partial charge in [0.2, 0.25) is 0 Å². The van der Waals surface area contributed by atoms with Crippen LogP contribution in [0.5, 0.6) is 0 Å². The number of hydrogen-bond donors (Lipinski definition) is 4. The van der Waals surface area contributed by atoms with Gasteiger partial charge >= 0.3 is 0 Å². The first-order chi connectivity index (χ1) is 14.2. The largest absolute Gasteiger partial charge is 0.395 e. The Labute approximate surface area is 178 Å². The molecule has 0 aromatic rings. The molecule has 3 atom stereocenters. The predicted octanol–water partition coefficient (Wildman–Crippen LogP) is 2.03. The Bertz CT molecular complexity index is 746. The minimum atomic E-state index is -0.846. The van der Waals surface area contributed by atoms with Gasteiger partial charge in [-0.25, -0.2) is 0 Å². The molecule has 6 nitrogen and oxygen atoms in total. The molecule has 2 aliphatic heterocycles. The third-order valence-corrected chi connectivity index (χ3v) is 5.72. The molecule has 0 spiro atoms. The zero-order chi connectivity index (χ0) is 20.5. The molecule has 4 N–H and O–H groups in total. The number of aliphatic hydroxyl groups is 2. The van der Waals surface area contributed by atoms with Crippen LogP contribution in [-0.2, 0) is 0 Å². The van der Waals surface area contributed by atoms with E-state index in [1.807, 2.05) is 24.4 Å². The van der Waals surface area contributed by atoms with E-state index in [0.717, 1.165) is 38.0 Å². The quantitative estimate of drug-likeness (QED) is 0.358. The lowest BCUT2D eigenvalue weighted by Crippen LogP contribution is -2.42. The normalized spacial score (nSPS) is 27.3. The van der Waals surface area contributed by atoms with E-state index in [0.29, 0.717) is 29.8 Å². The van der Waals surface area contributed by atoms with Gasteiger partial charge in [0.1, 0.15) is 12.1 Å². The minimum Gasteiger partial charge on any atom is -0.395 e. The predicted molar refractivity (Wildman–Crippen MR) is 117 cm³/mol. The van der Waals surface area contributed by atoms with Gasteiger partial charge in [-0.3, -0.25) is 10.3 Å². The number of piperidine rings is 1. The van der Waals surface area contributed by atoms with Crippen molar-refractivity contribution in [3.8, 4) is 0 Å². The van der Waals surface area contributed by atoms with Gasteiger partial charge in [-0.15, -0.1) is 0 Å². The van der Waals surface area contributed by atoms with Crippen LogP contribution in [0.15, 0.2) is 51.5 Å². The zero-order valence-corrected chi connectivity index (χ0v) is 17.5. The maximum atomic E-state index is 10.8. The number of amidine groups is 1. The van der Waals surface area contributed by atoms with E-state index < -0.39 is 6.23 Å². The Hall–Kier alpha value is -1.62. The standard InChI is InChI=1S/C22H31ClN4O2/c23-18-6-3-7-19(15-18)26-22(29)20-8-1-2-10-24-21(20)25-11-9-17-5-4-12-27(16-17)13-14-28/h2,7-8,10,17,19,22,26,28-29H,1,4-5,9,11-16H2,(H,24,25). The Morgan fingerprint density at radius 1 is 1.45 bits per heavy atom. The average molecular weight is 419 g/mol. The number of aliphatic imine (C=N–C) groups is 1. The minimum absolute atomic E-state index is 0.0862. The van der Waals surface area contributed by atoms with E-state index in [1.165, 1.54) is 12.8 Å². The van der Waals surface area contributed by atoms with Gasteiger partial charge in [-0.05, 0) is 50.4 Å². The van der Waals surface area contributed by atoms with E-state index in [-0.39, 0.29) is 12.6 Å². The summed E-state index contributed by atoms with van der Waals surface area (Å²) < 4.78 is 0. The summed E-state index contributed by atoms with van der Waals surface area (Å²) in [6.07, 6.45) is 11.6. The van der Waals surface area contributed by atoms with Crippen molar-refractivity contribution in [3.05, 3.63) is 46.5 Å². The van der Waals surface area contributed by atoms with Crippen molar-refractivity contribution in [1.29, 1.82) is 0 Å². The summed E-state index contributed by atoms with van der Waals surface area (Å²) in [7, 11) is 0. The molecule has 2 heterocycles. The summed E-state index contributed by atoms with van der Waals surface area (Å²) in [5.41, 5.74) is 6.47. The van der Waals surface area contributed by atoms with Crippen LogP contribution in [0.4, 0.5) is 0 Å². The summed E-state index contributed by atoms with van der Waals surface area (Å²) in [6, 6.07) is -0.0862. The number of allylic oxidation sites excluding steroid dienone is 2. The molecular formula is C22H31ClN4O2. The Balaban J connectivity index is 1.57. The van der Waals surface area contributed by atoms with Crippen LogP contribution in [0, 0.1) is 5.92 Å². The van der Waals surface area contributed by atoms with E-state index in [9.17, 15) is 5.11 Å². The SMILES string of the molecule is OCCN1CCCC(CCN=C2NC=CCC=C2C(O)NC2C=C=C=C(Cl)C2)C1. The van der Waals surface area contributed by atoms with Crippen LogP contribution >= 0.6 is 11.6 Å². The van der Waals surface area contributed by atoms with Crippen LogP contribution in [0.2, 0.25) is 0 Å². The van der Waals surface area contributed by atoms with Crippen LogP contribution in [-0.4, -0.2) is 66.0 Å². The van der Waals surface area contributed by atoms with Crippen LogP contribution in [0.1, 0.15) is 32.1 Å². The number of β-amino-alcohol motifs (C(OH)–C–C–N with tert-alkyl or cyclic N) is 1. The van der Waals surface area contributed by atoms with E-state index in [1.54, 1.807) is 0 Å². The molecule has 1 saturated heterocycles. The van der Waals surface area contributed by atoms with Crippen molar-refractivity contribution < 1.29 is 10.2 Å². The van der Waals surface area contributed by atoms with Crippen molar-refractivity contribution >= 4 is 17.4 Å². The van der Waals surface area contributed by atoms with Crippen molar-refractivity contribution in [3.63, 3.8) is 0 Å². The first-order valence-corrected chi connectivity index (χ1v) is 10.8. The molecule has 0 bridgehead atoms. The highest BCUT2D eigenvalue weighted by Crippen LogP contribution is 2.20. The molecule has 3 unspecified atom stereocenters. The van der Waals surface area contributed by atoms with Gasteiger partial charge < -0.3 is 20.4 Å². The maximum absolute atomic E-state index is 10.8. The highest BCUT2D eigenvalue weighted by molar-refractivity contribution is 6.29. The summed E-state index contributed by atoms with van der Waals surface area (Å²) in [5, 5.41) is 26.9. The third-order valence-electron chi connectivity index (χ3n) is 5.47. The monoisotopic (exact) mass is 418 g/mol. The maximum Gasteiger partial charge on any atom is 0.134 e. The highest BCUT2D eigenvalue weighted by atomic mass is 35.5. The molecule has 3 rings (SSSR count). The smallest absolute Gasteiger partial charge is 0.134 e. The molecular weight excluding hydrogens is 388 g/mol. The lowest BCUT2D eigenvalue weighted by molar-refractivity contribution is 0.137. The highest BCUT2D eigenvalue weighted by Gasteiger charge is 2.22. The Kier molecular flexibility index (Phi) is 8.78. The first-order valence-electron chi connectivity index (χ1n) is 10.5. The second-order valence-electron chi connectivity index (χ2n) is 7.71. The lowest BCUT2D eigenvalue weighted by atomic mass is 9.95. The molecule has 1 fully saturated rings. The second kappa shape index (κ2) is 11.5. The number of likely N-dealkylation sites (tertiary alicyclic amines) is 1. The summed E-state index contributed by atoms with van der Waals surface area (Å²) in [5.74, 6) is 1.31.